The summed E-state index contributed by atoms with van der Waals surface area (Å²) in [5, 5.41) is 17.4. The third-order valence-corrected chi connectivity index (χ3v) is 26.9. The number of nitrogens with zero attached hydrogens (tertiary/aromatic N) is 10. The van der Waals surface area contributed by atoms with Gasteiger partial charge in [-0.15, -0.1) is 0 Å². The molecular weight excluding hydrogens is 1760 g/mol. The zero-order valence-corrected chi connectivity index (χ0v) is 83.2. The van der Waals surface area contributed by atoms with Crippen molar-refractivity contribution in [1.29, 1.82) is 0 Å². The summed E-state index contributed by atoms with van der Waals surface area (Å²) in [6.07, 6.45) is 0. The highest BCUT2D eigenvalue weighted by molar-refractivity contribution is 6.18. The molecule has 0 aliphatic heterocycles. The van der Waals surface area contributed by atoms with E-state index in [-0.39, 0.29) is 29.6 Å². The van der Waals surface area contributed by atoms with Crippen LogP contribution in [0.4, 0.5) is 0 Å². The first kappa shape index (κ1) is 93.7. The van der Waals surface area contributed by atoms with Gasteiger partial charge in [-0.05, 0) is 136 Å². The molecule has 10 nitrogen and oxygen atoms in total. The molecular formula is C135H110N10. The summed E-state index contributed by atoms with van der Waals surface area (Å²) in [6.45, 7) is 21.5. The second kappa shape index (κ2) is 42.1. The smallest absolute Gasteiger partial charge is 0.132 e. The van der Waals surface area contributed by atoms with Crippen molar-refractivity contribution in [2.24, 2.45) is 0 Å². The summed E-state index contributed by atoms with van der Waals surface area (Å²) < 4.78 is 0. The van der Waals surface area contributed by atoms with E-state index >= 15 is 0 Å². The minimum atomic E-state index is 0.251. The molecule has 0 saturated carbocycles. The van der Waals surface area contributed by atoms with Crippen LogP contribution in [-0.4, -0.2) is 49.8 Å². The summed E-state index contributed by atoms with van der Waals surface area (Å²) in [4.78, 5) is 49.8. The molecule has 145 heavy (non-hydrogen) atoms. The molecule has 0 aliphatic carbocycles. The molecule has 0 fully saturated rings. The average molecular weight is 1870 g/mol. The van der Waals surface area contributed by atoms with Gasteiger partial charge >= 0.3 is 0 Å². The lowest BCUT2D eigenvalue weighted by atomic mass is 9.93. The second-order valence-corrected chi connectivity index (χ2v) is 38.5. The van der Waals surface area contributed by atoms with E-state index in [9.17, 15) is 0 Å². The number of aromatic nitrogens is 10. The number of fused-ring (bicyclic) bond motifs is 15. The number of benzene rings is 20. The van der Waals surface area contributed by atoms with Gasteiger partial charge in [0.25, 0.3) is 0 Å². The van der Waals surface area contributed by atoms with E-state index in [1.54, 1.807) is 0 Å². The largest absolute Gasteiger partial charge is 0.233 e. The standard InChI is InChI=1S/5C27H22N2/c1-18(2)27-28-25(20-13-7-4-8-14-20)24-17-23(19-11-5-3-6-12-19)21-15-9-10-16-22(21)26(24)29-27;1-18(2)27-28-25(21-12-7-4-8-13-21)23-17-16-20-14-9-15-22(24(20)26(23)29-27)19-10-5-3-6-11-19;1-18(2)27-28-25(20-11-7-4-8-12-20)24-16-14-22-17-21(19-9-5-3-6-10-19)13-15-23(22)26(24)29-27;1-18(2)27-28-24-16-15-20-13-14-22(19-9-5-3-6-10-19)17-23(20)25(24)26(29-27)21-11-7-4-8-12-21;1-18(2)27-28-25(21-11-7-4-8-12-21)23-16-15-20-13-14-22(17-24(20)26(23)29-27)19-9-5-3-6-10-19/h5*3-18H,1-2H3. The normalized spacial score (nSPS) is 11.4. The first-order valence-electron chi connectivity index (χ1n) is 50.3. The highest BCUT2D eigenvalue weighted by atomic mass is 14.9. The summed E-state index contributed by atoms with van der Waals surface area (Å²) in [5.41, 5.74) is 27.9. The maximum atomic E-state index is 5.06. The van der Waals surface area contributed by atoms with Crippen molar-refractivity contribution in [3.05, 3.63) is 484 Å². The predicted octanol–water partition coefficient (Wildman–Crippen LogP) is 36.2. The monoisotopic (exact) mass is 1870 g/mol. The molecule has 5 aromatic heterocycles. The van der Waals surface area contributed by atoms with Crippen molar-refractivity contribution >= 4 is 108 Å². The minimum Gasteiger partial charge on any atom is -0.233 e. The fourth-order valence-electron chi connectivity index (χ4n) is 19.3. The first-order chi connectivity index (χ1) is 71.1. The predicted molar refractivity (Wildman–Crippen MR) is 610 cm³/mol. The Labute approximate surface area is 847 Å². The Kier molecular flexibility index (Phi) is 27.2. The summed E-state index contributed by atoms with van der Waals surface area (Å²) in [5.74, 6) is 5.72. The van der Waals surface area contributed by atoms with Gasteiger partial charge in [0.1, 0.15) is 29.1 Å². The summed E-state index contributed by atoms with van der Waals surface area (Å²) >= 11 is 0. The molecule has 0 spiro atoms. The zero-order chi connectivity index (χ0) is 99.0. The van der Waals surface area contributed by atoms with E-state index in [4.69, 9.17) is 49.8 Å². The Hall–Kier alpha value is -17.6. The van der Waals surface area contributed by atoms with Crippen LogP contribution < -0.4 is 0 Å². The molecule has 0 radical (unpaired) electrons. The molecule has 10 heteroatoms. The number of hydrogen-bond acceptors (Lipinski definition) is 10. The van der Waals surface area contributed by atoms with Gasteiger partial charge in [0.15, 0.2) is 0 Å². The van der Waals surface area contributed by atoms with E-state index in [1.807, 2.05) is 42.5 Å². The van der Waals surface area contributed by atoms with Gasteiger partial charge in [-0.1, -0.05) is 476 Å². The third kappa shape index (κ3) is 19.8. The lowest BCUT2D eigenvalue weighted by molar-refractivity contribution is 0.785. The third-order valence-electron chi connectivity index (χ3n) is 26.9. The van der Waals surface area contributed by atoms with E-state index < -0.39 is 0 Å². The zero-order valence-electron chi connectivity index (χ0n) is 83.2. The molecule has 5 heterocycles. The van der Waals surface area contributed by atoms with Crippen molar-refractivity contribution < 1.29 is 0 Å². The molecule has 700 valence electrons. The van der Waals surface area contributed by atoms with Gasteiger partial charge in [0.05, 0.1) is 56.1 Å². The molecule has 20 aromatic carbocycles. The highest BCUT2D eigenvalue weighted by Gasteiger charge is 2.24. The van der Waals surface area contributed by atoms with Gasteiger partial charge in [-0.3, -0.25) is 0 Å². The number of rotatable bonds is 15. The summed E-state index contributed by atoms with van der Waals surface area (Å²) in [7, 11) is 0. The van der Waals surface area contributed by atoms with Crippen molar-refractivity contribution in [3.63, 3.8) is 0 Å². The molecule has 0 bridgehead atoms. The molecule has 0 N–H and O–H groups in total. The molecule has 0 atom stereocenters. The Morgan fingerprint density at radius 3 is 0.862 bits per heavy atom. The minimum absolute atomic E-state index is 0.251. The van der Waals surface area contributed by atoms with Gasteiger partial charge in [-0.2, -0.15) is 0 Å². The maximum absolute atomic E-state index is 5.06. The van der Waals surface area contributed by atoms with Gasteiger partial charge in [0.2, 0.25) is 0 Å². The Bertz CT molecular complexity index is 8940. The highest BCUT2D eigenvalue weighted by Crippen LogP contribution is 2.45. The van der Waals surface area contributed by atoms with Crippen LogP contribution in [0.3, 0.4) is 0 Å². The van der Waals surface area contributed by atoms with E-state index in [2.05, 4.69) is 482 Å². The lowest BCUT2D eigenvalue weighted by Crippen LogP contribution is -2.01. The van der Waals surface area contributed by atoms with Crippen molar-refractivity contribution in [2.75, 3.05) is 0 Å². The Morgan fingerprint density at radius 2 is 0.428 bits per heavy atom. The molecule has 0 saturated heterocycles. The topological polar surface area (TPSA) is 129 Å². The van der Waals surface area contributed by atoms with Gasteiger partial charge in [0, 0.05) is 106 Å². The van der Waals surface area contributed by atoms with Crippen LogP contribution >= 0.6 is 0 Å². The molecule has 0 unspecified atom stereocenters. The summed E-state index contributed by atoms with van der Waals surface area (Å²) in [6, 6.07) is 159. The van der Waals surface area contributed by atoms with Crippen LogP contribution in [0.5, 0.6) is 0 Å². The molecule has 25 aromatic rings. The van der Waals surface area contributed by atoms with Crippen LogP contribution in [-0.2, 0) is 0 Å². The van der Waals surface area contributed by atoms with Crippen LogP contribution in [0.1, 0.15) is 128 Å². The Balaban J connectivity index is 0.000000107. The quantitative estimate of drug-likeness (QED) is 0.0915. The Morgan fingerprint density at radius 1 is 0.138 bits per heavy atom. The lowest BCUT2D eigenvalue weighted by Gasteiger charge is -2.15. The van der Waals surface area contributed by atoms with Crippen LogP contribution in [0.2, 0.25) is 0 Å². The molecule has 0 amide bonds. The van der Waals surface area contributed by atoms with Crippen LogP contribution in [0.25, 0.3) is 220 Å². The van der Waals surface area contributed by atoms with Crippen molar-refractivity contribution in [3.8, 4) is 112 Å². The van der Waals surface area contributed by atoms with Gasteiger partial charge in [-0.25, -0.2) is 49.8 Å². The second-order valence-electron chi connectivity index (χ2n) is 38.5. The maximum Gasteiger partial charge on any atom is 0.132 e. The van der Waals surface area contributed by atoms with Gasteiger partial charge < -0.3 is 0 Å². The van der Waals surface area contributed by atoms with Crippen LogP contribution in [0.15, 0.2) is 455 Å². The molecule has 0 aliphatic rings. The molecule has 25 rings (SSSR count). The van der Waals surface area contributed by atoms with E-state index in [0.717, 1.165) is 140 Å². The fraction of sp³-hybridized carbons (Fsp3) is 0.111. The van der Waals surface area contributed by atoms with Crippen molar-refractivity contribution in [2.45, 2.75) is 98.8 Å². The van der Waals surface area contributed by atoms with Crippen LogP contribution in [0, 0.1) is 0 Å². The number of hydrogen-bond donors (Lipinski definition) is 0. The van der Waals surface area contributed by atoms with E-state index in [0.29, 0.717) is 0 Å². The fourth-order valence-corrected chi connectivity index (χ4v) is 19.3. The first-order valence-corrected chi connectivity index (χ1v) is 50.3. The SMILES string of the molecule is CC(C)c1nc(-c2ccccc2)c2c(ccc3ccc(-c4ccccc4)cc32)n1.CC(C)c1nc(-c2ccccc2)c2cc(-c3ccccc3)c3ccccc3c2n1.CC(C)c1nc(-c2ccccc2)c2ccc3cc(-c4ccccc4)ccc3c2n1.CC(C)c1nc(-c2ccccc2)c2ccc3ccc(-c4ccccc4)cc3c2n1.CC(C)c1nc(-c2ccccc2)c2ccc3cccc(-c4ccccc4)c3c2n1. The van der Waals surface area contributed by atoms with Crippen molar-refractivity contribution in [1.82, 2.24) is 49.8 Å². The van der Waals surface area contributed by atoms with E-state index in [1.165, 1.54) is 109 Å². The average Bonchev–Trinajstić information content (AvgIpc) is 0.793.